The normalized spacial score (nSPS) is 19.4. The molecule has 28 heavy (non-hydrogen) atoms. The van der Waals surface area contributed by atoms with E-state index < -0.39 is 10.0 Å². The summed E-state index contributed by atoms with van der Waals surface area (Å²) in [5.74, 6) is -0.710. The number of halogens is 1. The molecule has 1 aromatic carbocycles. The summed E-state index contributed by atoms with van der Waals surface area (Å²) in [5, 5.41) is 0.117. The molecule has 0 unspecified atom stereocenters. The summed E-state index contributed by atoms with van der Waals surface area (Å²) in [6.07, 6.45) is 3.73. The molecule has 2 saturated heterocycles. The highest BCUT2D eigenvalue weighted by Crippen LogP contribution is 2.29. The van der Waals surface area contributed by atoms with E-state index in [4.69, 9.17) is 16.3 Å². The molecule has 0 N–H and O–H groups in total. The lowest BCUT2D eigenvalue weighted by Crippen LogP contribution is -2.40. The third kappa shape index (κ3) is 4.34. The van der Waals surface area contributed by atoms with E-state index in [1.807, 2.05) is 0 Å². The van der Waals surface area contributed by atoms with Gasteiger partial charge in [-0.3, -0.25) is 9.59 Å². The number of rotatable bonds is 4. The van der Waals surface area contributed by atoms with Gasteiger partial charge in [0.2, 0.25) is 10.0 Å². The number of likely N-dealkylation sites (tertiary alicyclic amines) is 1. The maximum atomic E-state index is 13.0. The number of hydrogen-bond acceptors (Lipinski definition) is 5. The topological polar surface area (TPSA) is 84.0 Å². The van der Waals surface area contributed by atoms with Gasteiger partial charge in [-0.2, -0.15) is 4.31 Å². The molecule has 3 rings (SSSR count). The molecule has 0 atom stereocenters. The van der Waals surface area contributed by atoms with Gasteiger partial charge in [-0.25, -0.2) is 8.42 Å². The van der Waals surface area contributed by atoms with Gasteiger partial charge in [-0.15, -0.1) is 0 Å². The van der Waals surface area contributed by atoms with Crippen molar-refractivity contribution in [2.45, 2.75) is 37.0 Å². The van der Waals surface area contributed by atoms with Crippen LogP contribution >= 0.6 is 11.6 Å². The molecule has 2 aliphatic rings. The van der Waals surface area contributed by atoms with Crippen molar-refractivity contribution in [1.29, 1.82) is 0 Å². The fourth-order valence-electron chi connectivity index (χ4n) is 3.75. The van der Waals surface area contributed by atoms with Crippen molar-refractivity contribution in [2.24, 2.45) is 5.92 Å². The Morgan fingerprint density at radius 2 is 1.71 bits per heavy atom. The maximum absolute atomic E-state index is 13.0. The molecule has 2 aliphatic heterocycles. The number of piperidine rings is 2. The number of sulfonamides is 1. The number of hydrogen-bond donors (Lipinski definition) is 0. The summed E-state index contributed by atoms with van der Waals surface area (Å²) in [6.45, 7) is 1.79. The minimum atomic E-state index is -3.73. The first kappa shape index (κ1) is 21.1. The van der Waals surface area contributed by atoms with Gasteiger partial charge < -0.3 is 9.64 Å². The van der Waals surface area contributed by atoms with Crippen LogP contribution in [0.1, 0.15) is 42.5 Å². The molecule has 9 heteroatoms. The average molecular weight is 429 g/mol. The van der Waals surface area contributed by atoms with Crippen LogP contribution in [-0.2, 0) is 19.6 Å². The largest absolute Gasteiger partial charge is 0.469 e. The van der Waals surface area contributed by atoms with Gasteiger partial charge in [-0.1, -0.05) is 18.0 Å². The van der Waals surface area contributed by atoms with Gasteiger partial charge in [0, 0.05) is 31.7 Å². The molecule has 1 amide bonds. The van der Waals surface area contributed by atoms with Crippen LogP contribution in [0, 0.1) is 5.92 Å². The predicted octanol–water partition coefficient (Wildman–Crippen LogP) is 2.54. The molecule has 0 aromatic heterocycles. The second kappa shape index (κ2) is 8.80. The highest BCUT2D eigenvalue weighted by atomic mass is 35.5. The molecule has 0 bridgehead atoms. The Balaban J connectivity index is 1.78. The molecule has 154 valence electrons. The van der Waals surface area contributed by atoms with Crippen LogP contribution in [0.25, 0.3) is 0 Å². The molecule has 7 nitrogen and oxygen atoms in total. The monoisotopic (exact) mass is 428 g/mol. The van der Waals surface area contributed by atoms with Crippen molar-refractivity contribution < 1.29 is 22.7 Å². The van der Waals surface area contributed by atoms with Gasteiger partial charge in [0.25, 0.3) is 5.91 Å². The zero-order valence-corrected chi connectivity index (χ0v) is 17.5. The number of amides is 1. The van der Waals surface area contributed by atoms with Crippen molar-refractivity contribution in [3.63, 3.8) is 0 Å². The smallest absolute Gasteiger partial charge is 0.308 e. The van der Waals surface area contributed by atoms with Crippen LogP contribution in [0.2, 0.25) is 5.02 Å². The summed E-state index contributed by atoms with van der Waals surface area (Å²) in [4.78, 5) is 26.1. The highest BCUT2D eigenvalue weighted by molar-refractivity contribution is 7.89. The molecule has 0 spiro atoms. The van der Waals surface area contributed by atoms with Crippen LogP contribution in [0.15, 0.2) is 23.1 Å². The van der Waals surface area contributed by atoms with Crippen LogP contribution in [-0.4, -0.2) is 62.8 Å². The van der Waals surface area contributed by atoms with Crippen LogP contribution < -0.4 is 0 Å². The Kier molecular flexibility index (Phi) is 6.62. The van der Waals surface area contributed by atoms with E-state index in [0.29, 0.717) is 39.0 Å². The van der Waals surface area contributed by atoms with Crippen molar-refractivity contribution in [2.75, 3.05) is 33.3 Å². The summed E-state index contributed by atoms with van der Waals surface area (Å²) < 4.78 is 32.2. The van der Waals surface area contributed by atoms with E-state index in [-0.39, 0.29) is 33.3 Å². The van der Waals surface area contributed by atoms with Crippen molar-refractivity contribution in [3.8, 4) is 0 Å². The maximum Gasteiger partial charge on any atom is 0.308 e. The third-order valence-corrected chi connectivity index (χ3v) is 7.81. The van der Waals surface area contributed by atoms with Crippen LogP contribution in [0.3, 0.4) is 0 Å². The summed E-state index contributed by atoms with van der Waals surface area (Å²) in [7, 11) is -2.37. The van der Waals surface area contributed by atoms with E-state index in [1.165, 1.54) is 23.5 Å². The van der Waals surface area contributed by atoms with E-state index in [0.717, 1.165) is 19.3 Å². The average Bonchev–Trinajstić information content (AvgIpc) is 2.73. The molecule has 0 aliphatic carbocycles. The van der Waals surface area contributed by atoms with Crippen molar-refractivity contribution >= 4 is 33.5 Å². The van der Waals surface area contributed by atoms with E-state index in [2.05, 4.69) is 0 Å². The van der Waals surface area contributed by atoms with Gasteiger partial charge in [-0.05, 0) is 43.9 Å². The molecule has 2 heterocycles. The minimum Gasteiger partial charge on any atom is -0.469 e. The molecular formula is C19H25ClN2O5S. The number of carbonyl (C=O) groups excluding carboxylic acids is 2. The molecule has 2 fully saturated rings. The highest BCUT2D eigenvalue weighted by Gasteiger charge is 2.31. The fourth-order valence-corrected chi connectivity index (χ4v) is 5.76. The summed E-state index contributed by atoms with van der Waals surface area (Å²) >= 11 is 6.18. The molecule has 0 radical (unpaired) electrons. The SMILES string of the molecule is COC(=O)C1CCN(C(=O)c2ccc(Cl)c(S(=O)(=O)N3CCCCC3)c2)CC1. The number of esters is 1. The number of ether oxygens (including phenoxy) is 1. The minimum absolute atomic E-state index is 0.0219. The Bertz CT molecular complexity index is 844. The number of methoxy groups -OCH3 is 1. The summed E-state index contributed by atoms with van der Waals surface area (Å²) in [5.41, 5.74) is 0.288. The number of benzene rings is 1. The van der Waals surface area contributed by atoms with Gasteiger partial charge >= 0.3 is 5.97 Å². The molecular weight excluding hydrogens is 404 g/mol. The van der Waals surface area contributed by atoms with Crippen LogP contribution in [0.4, 0.5) is 0 Å². The van der Waals surface area contributed by atoms with E-state index in [9.17, 15) is 18.0 Å². The summed E-state index contributed by atoms with van der Waals surface area (Å²) in [6, 6.07) is 4.39. The second-order valence-electron chi connectivity index (χ2n) is 7.20. The lowest BCUT2D eigenvalue weighted by Gasteiger charge is -2.31. The van der Waals surface area contributed by atoms with E-state index in [1.54, 1.807) is 11.0 Å². The Labute approximate surface area is 170 Å². The first-order valence-corrected chi connectivity index (χ1v) is 11.3. The standard InChI is InChI=1S/C19H25ClN2O5S/c1-27-19(24)14-7-11-21(12-8-14)18(23)15-5-6-16(20)17(13-15)28(25,26)22-9-3-2-4-10-22/h5-6,13-14H,2-4,7-12H2,1H3. The first-order valence-electron chi connectivity index (χ1n) is 9.51. The second-order valence-corrected chi connectivity index (χ2v) is 9.51. The fraction of sp³-hybridized carbons (Fsp3) is 0.579. The Morgan fingerprint density at radius 3 is 2.32 bits per heavy atom. The molecule has 0 saturated carbocycles. The predicted molar refractivity (Wildman–Crippen MR) is 105 cm³/mol. The zero-order chi connectivity index (χ0) is 20.3. The lowest BCUT2D eigenvalue weighted by atomic mass is 9.96. The zero-order valence-electron chi connectivity index (χ0n) is 15.9. The Morgan fingerprint density at radius 1 is 1.07 bits per heavy atom. The van der Waals surface area contributed by atoms with Gasteiger partial charge in [0.15, 0.2) is 0 Å². The Hall–Kier alpha value is -1.64. The van der Waals surface area contributed by atoms with Crippen molar-refractivity contribution in [1.82, 2.24) is 9.21 Å². The van der Waals surface area contributed by atoms with Gasteiger partial charge in [0.1, 0.15) is 4.90 Å². The van der Waals surface area contributed by atoms with Gasteiger partial charge in [0.05, 0.1) is 18.1 Å². The van der Waals surface area contributed by atoms with Crippen LogP contribution in [0.5, 0.6) is 0 Å². The molecule has 1 aromatic rings. The number of carbonyl (C=O) groups is 2. The first-order chi connectivity index (χ1) is 13.3. The quantitative estimate of drug-likeness (QED) is 0.688. The van der Waals surface area contributed by atoms with E-state index >= 15 is 0 Å². The lowest BCUT2D eigenvalue weighted by molar-refractivity contribution is -0.146. The van der Waals surface area contributed by atoms with Crippen molar-refractivity contribution in [3.05, 3.63) is 28.8 Å². The number of nitrogens with zero attached hydrogens (tertiary/aromatic N) is 2. The third-order valence-electron chi connectivity index (χ3n) is 5.43.